The van der Waals surface area contributed by atoms with Gasteiger partial charge >= 0.3 is 0 Å². The van der Waals surface area contributed by atoms with Crippen LogP contribution in [0.1, 0.15) is 44.6 Å². The summed E-state index contributed by atoms with van der Waals surface area (Å²) in [4.78, 5) is 18.3. The van der Waals surface area contributed by atoms with Crippen molar-refractivity contribution in [1.29, 1.82) is 0 Å². The van der Waals surface area contributed by atoms with Crippen LogP contribution in [0.15, 0.2) is 53.1 Å². The first-order valence-electron chi connectivity index (χ1n) is 9.32. The molecule has 144 valence electrons. The Kier molecular flexibility index (Phi) is 4.49. The van der Waals surface area contributed by atoms with Gasteiger partial charge in [-0.05, 0) is 23.1 Å². The van der Waals surface area contributed by atoms with Gasteiger partial charge in [-0.3, -0.25) is 4.79 Å². The van der Waals surface area contributed by atoms with E-state index >= 15 is 0 Å². The van der Waals surface area contributed by atoms with E-state index in [1.54, 1.807) is 18.2 Å². The zero-order chi connectivity index (χ0) is 19.9. The molecule has 28 heavy (non-hydrogen) atoms. The Labute approximate surface area is 163 Å². The van der Waals surface area contributed by atoms with Gasteiger partial charge in [0.1, 0.15) is 5.82 Å². The summed E-state index contributed by atoms with van der Waals surface area (Å²) in [6, 6.07) is 14.3. The van der Waals surface area contributed by atoms with Gasteiger partial charge in [0.15, 0.2) is 0 Å². The molecule has 1 aromatic heterocycles. The molecule has 0 bridgehead atoms. The zero-order valence-electron chi connectivity index (χ0n) is 16.1. The number of nitrogens with zero attached hydrogens (tertiary/aromatic N) is 3. The van der Waals surface area contributed by atoms with E-state index < -0.39 is 5.82 Å². The van der Waals surface area contributed by atoms with E-state index in [0.717, 1.165) is 5.56 Å². The fourth-order valence-electron chi connectivity index (χ4n) is 3.41. The van der Waals surface area contributed by atoms with E-state index in [1.165, 1.54) is 16.5 Å². The lowest BCUT2D eigenvalue weighted by Gasteiger charge is -2.18. The Bertz CT molecular complexity index is 1010. The number of hydrogen-bond acceptors (Lipinski definition) is 4. The van der Waals surface area contributed by atoms with E-state index in [-0.39, 0.29) is 29.3 Å². The summed E-state index contributed by atoms with van der Waals surface area (Å²) >= 11 is 0. The summed E-state index contributed by atoms with van der Waals surface area (Å²) in [7, 11) is 0. The summed E-state index contributed by atoms with van der Waals surface area (Å²) in [5.74, 6) is 0.0857. The van der Waals surface area contributed by atoms with E-state index in [4.69, 9.17) is 4.52 Å². The van der Waals surface area contributed by atoms with Gasteiger partial charge in [-0.1, -0.05) is 62.3 Å². The average molecular weight is 379 g/mol. The van der Waals surface area contributed by atoms with Crippen molar-refractivity contribution in [3.05, 3.63) is 65.8 Å². The second kappa shape index (κ2) is 6.86. The van der Waals surface area contributed by atoms with Gasteiger partial charge in [-0.25, -0.2) is 4.39 Å². The van der Waals surface area contributed by atoms with Crippen molar-refractivity contribution in [3.63, 3.8) is 0 Å². The molecule has 3 aromatic rings. The first-order valence-corrected chi connectivity index (χ1v) is 9.32. The Balaban J connectivity index is 1.54. The van der Waals surface area contributed by atoms with Crippen LogP contribution in [0.4, 0.5) is 10.1 Å². The number of carbonyl (C=O) groups is 1. The van der Waals surface area contributed by atoms with Crippen LogP contribution >= 0.6 is 0 Å². The van der Waals surface area contributed by atoms with Crippen LogP contribution < -0.4 is 4.90 Å². The maximum atomic E-state index is 14.0. The third kappa shape index (κ3) is 3.42. The summed E-state index contributed by atoms with van der Waals surface area (Å²) in [5, 5.41) is 4.07. The summed E-state index contributed by atoms with van der Waals surface area (Å²) in [6.07, 6.45) is 0.221. The third-order valence-corrected chi connectivity index (χ3v) is 5.07. The Morgan fingerprint density at radius 3 is 2.50 bits per heavy atom. The molecular weight excluding hydrogens is 357 g/mol. The third-order valence-electron chi connectivity index (χ3n) is 5.07. The lowest BCUT2D eigenvalue weighted by atomic mass is 9.87. The van der Waals surface area contributed by atoms with Gasteiger partial charge < -0.3 is 9.42 Å². The minimum atomic E-state index is -0.415. The maximum absolute atomic E-state index is 14.0. The number of aromatic nitrogens is 2. The highest BCUT2D eigenvalue weighted by molar-refractivity contribution is 5.96. The number of amides is 1. The summed E-state index contributed by atoms with van der Waals surface area (Å²) < 4.78 is 19.5. The molecule has 1 aliphatic heterocycles. The van der Waals surface area contributed by atoms with Crippen LogP contribution in [-0.4, -0.2) is 22.6 Å². The molecule has 2 heterocycles. The Hall–Kier alpha value is -3.02. The molecule has 4 rings (SSSR count). The molecule has 1 aliphatic rings. The topological polar surface area (TPSA) is 59.2 Å². The number of halogens is 1. The molecule has 1 amide bonds. The fourth-order valence-corrected chi connectivity index (χ4v) is 3.41. The first kappa shape index (κ1) is 18.3. The number of rotatable bonds is 3. The predicted molar refractivity (Wildman–Crippen MR) is 105 cm³/mol. The van der Waals surface area contributed by atoms with E-state index in [2.05, 4.69) is 43.0 Å². The largest absolute Gasteiger partial charge is 0.339 e. The zero-order valence-corrected chi connectivity index (χ0v) is 16.1. The van der Waals surface area contributed by atoms with Crippen molar-refractivity contribution < 1.29 is 13.7 Å². The van der Waals surface area contributed by atoms with E-state index in [0.29, 0.717) is 18.3 Å². The second-order valence-corrected chi connectivity index (χ2v) is 8.14. The summed E-state index contributed by atoms with van der Waals surface area (Å²) in [5.41, 5.74) is 2.44. The molecule has 5 nitrogen and oxygen atoms in total. The smallest absolute Gasteiger partial charge is 0.232 e. The van der Waals surface area contributed by atoms with Gasteiger partial charge in [0, 0.05) is 18.5 Å². The second-order valence-electron chi connectivity index (χ2n) is 8.14. The number of benzene rings is 2. The highest BCUT2D eigenvalue weighted by atomic mass is 19.1. The number of anilines is 1. The van der Waals surface area contributed by atoms with Crippen molar-refractivity contribution >= 4 is 11.6 Å². The Morgan fingerprint density at radius 2 is 1.82 bits per heavy atom. The van der Waals surface area contributed by atoms with Gasteiger partial charge in [0.05, 0.1) is 11.6 Å². The minimum absolute atomic E-state index is 0.0708. The number of hydrogen-bond donors (Lipinski definition) is 0. The molecule has 0 aliphatic carbocycles. The first-order chi connectivity index (χ1) is 13.3. The van der Waals surface area contributed by atoms with Gasteiger partial charge in [-0.2, -0.15) is 4.98 Å². The van der Waals surface area contributed by atoms with Crippen LogP contribution in [0.25, 0.3) is 11.4 Å². The molecule has 0 spiro atoms. The SMILES string of the molecule is CC(C)(C)c1ccc(-c2noc(C3CC(=O)N(c4ccccc4F)C3)n2)cc1. The van der Waals surface area contributed by atoms with Crippen LogP contribution in [0.3, 0.4) is 0 Å². The van der Waals surface area contributed by atoms with Crippen molar-refractivity contribution in [3.8, 4) is 11.4 Å². The lowest BCUT2D eigenvalue weighted by Crippen LogP contribution is -2.25. The summed E-state index contributed by atoms with van der Waals surface area (Å²) in [6.45, 7) is 6.80. The van der Waals surface area contributed by atoms with E-state index in [1.807, 2.05) is 12.1 Å². The molecule has 1 unspecified atom stereocenters. The highest BCUT2D eigenvalue weighted by Gasteiger charge is 2.36. The van der Waals surface area contributed by atoms with Gasteiger partial charge in [0.25, 0.3) is 0 Å². The molecule has 1 fully saturated rings. The molecule has 1 atom stereocenters. The molecule has 0 N–H and O–H groups in total. The quantitative estimate of drug-likeness (QED) is 0.662. The fraction of sp³-hybridized carbons (Fsp3) is 0.318. The molecule has 2 aromatic carbocycles. The predicted octanol–water partition coefficient (Wildman–Crippen LogP) is 4.69. The van der Waals surface area contributed by atoms with Crippen molar-refractivity contribution in [2.45, 2.75) is 38.5 Å². The van der Waals surface area contributed by atoms with Crippen molar-refractivity contribution in [2.75, 3.05) is 11.4 Å². The number of carbonyl (C=O) groups excluding carboxylic acids is 1. The van der Waals surface area contributed by atoms with Crippen LogP contribution in [0.5, 0.6) is 0 Å². The van der Waals surface area contributed by atoms with Crippen LogP contribution in [0, 0.1) is 5.82 Å². The lowest BCUT2D eigenvalue weighted by molar-refractivity contribution is -0.117. The molecule has 6 heteroatoms. The van der Waals surface area contributed by atoms with Crippen molar-refractivity contribution in [1.82, 2.24) is 10.1 Å². The van der Waals surface area contributed by atoms with Gasteiger partial charge in [-0.15, -0.1) is 0 Å². The monoisotopic (exact) mass is 379 g/mol. The molecule has 0 radical (unpaired) electrons. The average Bonchev–Trinajstić information content (AvgIpc) is 3.29. The minimum Gasteiger partial charge on any atom is -0.339 e. The van der Waals surface area contributed by atoms with Gasteiger partial charge in [0.2, 0.25) is 17.6 Å². The molecular formula is C22H22FN3O2. The van der Waals surface area contributed by atoms with E-state index in [9.17, 15) is 9.18 Å². The Morgan fingerprint density at radius 1 is 1.11 bits per heavy atom. The maximum Gasteiger partial charge on any atom is 0.232 e. The normalized spacial score (nSPS) is 17.4. The molecule has 0 saturated carbocycles. The van der Waals surface area contributed by atoms with Crippen LogP contribution in [0.2, 0.25) is 0 Å². The number of para-hydroxylation sites is 1. The standard InChI is InChI=1S/C22H22FN3O2/c1-22(2,3)16-10-8-14(9-11-16)20-24-21(28-25-20)15-12-19(27)26(13-15)18-7-5-4-6-17(18)23/h4-11,15H,12-13H2,1-3H3. The van der Waals surface area contributed by atoms with Crippen molar-refractivity contribution in [2.24, 2.45) is 0 Å². The highest BCUT2D eigenvalue weighted by Crippen LogP contribution is 2.33. The van der Waals surface area contributed by atoms with Crippen LogP contribution in [-0.2, 0) is 10.2 Å². The molecule has 1 saturated heterocycles.